The molecule has 0 saturated carbocycles. The van der Waals surface area contributed by atoms with Crippen molar-refractivity contribution in [1.29, 1.82) is 0 Å². The summed E-state index contributed by atoms with van der Waals surface area (Å²) in [5.74, 6) is 4.08. The van der Waals surface area contributed by atoms with Crippen molar-refractivity contribution < 1.29 is 4.74 Å². The van der Waals surface area contributed by atoms with E-state index in [4.69, 9.17) is 29.7 Å². The number of hydrogen-bond acceptors (Lipinski definition) is 6. The van der Waals surface area contributed by atoms with E-state index in [-0.39, 0.29) is 5.41 Å². The van der Waals surface area contributed by atoms with E-state index in [1.54, 1.807) is 0 Å². The molecule has 0 amide bonds. The summed E-state index contributed by atoms with van der Waals surface area (Å²) >= 11 is 0. The number of para-hydroxylation sites is 2. The molecule has 6 heteroatoms. The normalized spacial score (nSPS) is 14.1. The van der Waals surface area contributed by atoms with Crippen molar-refractivity contribution >= 4 is 0 Å². The minimum atomic E-state index is -0.844. The van der Waals surface area contributed by atoms with Gasteiger partial charge in [0.2, 0.25) is 0 Å². The van der Waals surface area contributed by atoms with Crippen molar-refractivity contribution in [2.24, 2.45) is 0 Å². The highest BCUT2D eigenvalue weighted by molar-refractivity contribution is 6.00. The van der Waals surface area contributed by atoms with Crippen LogP contribution < -0.4 is 4.74 Å². The lowest BCUT2D eigenvalue weighted by Gasteiger charge is -2.40. The first-order valence-corrected chi connectivity index (χ1v) is 22.1. The van der Waals surface area contributed by atoms with Gasteiger partial charge in [-0.15, -0.1) is 0 Å². The molecule has 1 aliphatic heterocycles. The van der Waals surface area contributed by atoms with Crippen LogP contribution in [0.3, 0.4) is 0 Å². The first-order valence-electron chi connectivity index (χ1n) is 22.1. The third-order valence-electron chi connectivity index (χ3n) is 13.6. The maximum Gasteiger partial charge on any atom is 0.164 e. The molecule has 0 bridgehead atoms. The minimum absolute atomic E-state index is 0.360. The molecule has 2 aliphatic carbocycles. The Bertz CT molecular complexity index is 3450. The molecule has 2 aromatic heterocycles. The highest BCUT2D eigenvalue weighted by Crippen LogP contribution is 2.65. The van der Waals surface area contributed by atoms with Gasteiger partial charge in [-0.25, -0.2) is 24.9 Å². The maximum absolute atomic E-state index is 6.81. The van der Waals surface area contributed by atoms with Crippen molar-refractivity contribution in [2.75, 3.05) is 0 Å². The molecule has 0 atom stereocenters. The predicted molar refractivity (Wildman–Crippen MR) is 258 cm³/mol. The average Bonchev–Trinajstić information content (AvgIpc) is 3.80. The Kier molecular flexibility index (Phi) is 8.06. The molecule has 10 aromatic rings. The molecule has 3 heterocycles. The van der Waals surface area contributed by atoms with E-state index in [0.717, 1.165) is 89.6 Å². The number of ether oxygens (including phenoxy) is 1. The Labute approximate surface area is 377 Å². The summed E-state index contributed by atoms with van der Waals surface area (Å²) in [6.07, 6.45) is 0. The van der Waals surface area contributed by atoms with Crippen LogP contribution in [0.25, 0.3) is 79.1 Å². The molecule has 3 aliphatic rings. The fraction of sp³-hybridized carbons (Fsp3) is 0.0678. The third-order valence-corrected chi connectivity index (χ3v) is 13.6. The number of fused-ring (bicyclic) bond motifs is 12. The number of benzene rings is 8. The number of aromatic nitrogens is 5. The van der Waals surface area contributed by atoms with E-state index >= 15 is 0 Å². The average molecular weight is 834 g/mol. The molecule has 0 fully saturated rings. The van der Waals surface area contributed by atoms with E-state index in [2.05, 4.69) is 166 Å². The summed E-state index contributed by atoms with van der Waals surface area (Å²) in [4.78, 5) is 27.1. The molecule has 306 valence electrons. The molecular formula is C59H39N5O. The van der Waals surface area contributed by atoms with Crippen molar-refractivity contribution in [3.05, 3.63) is 234 Å². The second-order valence-corrected chi connectivity index (χ2v) is 17.5. The summed E-state index contributed by atoms with van der Waals surface area (Å²) in [5, 5.41) is 0. The second kappa shape index (κ2) is 14.1. The molecule has 6 nitrogen and oxygen atoms in total. The van der Waals surface area contributed by atoms with Crippen LogP contribution in [0.15, 0.2) is 200 Å². The van der Waals surface area contributed by atoms with Gasteiger partial charge in [0.1, 0.15) is 11.5 Å². The zero-order valence-corrected chi connectivity index (χ0v) is 35.7. The SMILES string of the molecule is CC1(C)c2ccccc2-c2c(-c3ccccc3)nc(-c3cccc4c3-c3cccc(-c5nc(-c6ccccc6)nc(-c6ccccc6)n5)c3C43c4ccccc4Oc4ccccc43)nc21. The molecule has 0 unspecified atom stereocenters. The van der Waals surface area contributed by atoms with Crippen LogP contribution in [0.2, 0.25) is 0 Å². The summed E-state index contributed by atoms with van der Waals surface area (Å²) in [6.45, 7) is 4.57. The zero-order valence-electron chi connectivity index (χ0n) is 35.7. The number of nitrogens with zero attached hydrogens (tertiary/aromatic N) is 5. The Morgan fingerprint density at radius 3 is 1.45 bits per heavy atom. The molecule has 0 N–H and O–H groups in total. The largest absolute Gasteiger partial charge is 0.457 e. The van der Waals surface area contributed by atoms with Gasteiger partial charge in [0.15, 0.2) is 23.3 Å². The molecule has 13 rings (SSSR count). The van der Waals surface area contributed by atoms with Gasteiger partial charge in [-0.2, -0.15) is 0 Å². The van der Waals surface area contributed by atoms with Crippen LogP contribution in [0.1, 0.15) is 47.4 Å². The van der Waals surface area contributed by atoms with Gasteiger partial charge in [0, 0.05) is 49.9 Å². The van der Waals surface area contributed by atoms with Crippen molar-refractivity contribution in [1.82, 2.24) is 24.9 Å². The van der Waals surface area contributed by atoms with Gasteiger partial charge in [0.25, 0.3) is 0 Å². The van der Waals surface area contributed by atoms with E-state index in [0.29, 0.717) is 23.3 Å². The fourth-order valence-electron chi connectivity index (χ4n) is 10.8. The Balaban J connectivity index is 1.15. The van der Waals surface area contributed by atoms with Crippen LogP contribution in [0.4, 0.5) is 0 Å². The van der Waals surface area contributed by atoms with Gasteiger partial charge in [0.05, 0.1) is 16.8 Å². The Hall–Kier alpha value is -8.35. The lowest BCUT2D eigenvalue weighted by Crippen LogP contribution is -2.32. The van der Waals surface area contributed by atoms with Gasteiger partial charge in [-0.05, 0) is 45.5 Å². The van der Waals surface area contributed by atoms with Gasteiger partial charge < -0.3 is 4.74 Å². The standard InChI is InChI=1S/C59H39N5O/c1-58(2)43-30-13-12-26-39(43)50-52(36-20-6-3-7-21-36)60-56(61-53(50)58)41-28-19-33-46-49(41)40-27-18-29-42(51(40)59(46)44-31-14-16-34-47(44)65-48-35-17-15-32-45(48)59)57-63-54(37-22-8-4-9-23-37)62-55(64-57)38-24-10-5-11-25-38/h3-35H,1-2H3. The van der Waals surface area contributed by atoms with Crippen LogP contribution in [0, 0.1) is 0 Å². The topological polar surface area (TPSA) is 73.7 Å². The summed E-state index contributed by atoms with van der Waals surface area (Å²) < 4.78 is 6.81. The maximum atomic E-state index is 6.81. The van der Waals surface area contributed by atoms with E-state index < -0.39 is 5.41 Å². The molecule has 8 aromatic carbocycles. The number of hydrogen-bond donors (Lipinski definition) is 0. The summed E-state index contributed by atoms with van der Waals surface area (Å²) in [7, 11) is 0. The van der Waals surface area contributed by atoms with Crippen LogP contribution >= 0.6 is 0 Å². The molecular weight excluding hydrogens is 795 g/mol. The van der Waals surface area contributed by atoms with E-state index in [1.165, 1.54) is 11.1 Å². The minimum Gasteiger partial charge on any atom is -0.457 e. The molecule has 65 heavy (non-hydrogen) atoms. The quantitative estimate of drug-likeness (QED) is 0.172. The van der Waals surface area contributed by atoms with Crippen LogP contribution in [-0.2, 0) is 10.8 Å². The smallest absolute Gasteiger partial charge is 0.164 e. The van der Waals surface area contributed by atoms with Crippen molar-refractivity contribution in [3.8, 4) is 90.6 Å². The lowest BCUT2D eigenvalue weighted by molar-refractivity contribution is 0.436. The zero-order chi connectivity index (χ0) is 43.3. The van der Waals surface area contributed by atoms with Gasteiger partial charge >= 0.3 is 0 Å². The summed E-state index contributed by atoms with van der Waals surface area (Å²) in [6, 6.07) is 69.7. The van der Waals surface area contributed by atoms with Crippen molar-refractivity contribution in [3.63, 3.8) is 0 Å². The Morgan fingerprint density at radius 2 is 0.800 bits per heavy atom. The summed E-state index contributed by atoms with van der Waals surface area (Å²) in [5.41, 5.74) is 15.4. The molecule has 0 radical (unpaired) electrons. The highest BCUT2D eigenvalue weighted by Gasteiger charge is 2.53. The van der Waals surface area contributed by atoms with Gasteiger partial charge in [-0.1, -0.05) is 202 Å². The first-order chi connectivity index (χ1) is 32.0. The Morgan fingerprint density at radius 1 is 0.338 bits per heavy atom. The second-order valence-electron chi connectivity index (χ2n) is 17.5. The number of rotatable bonds is 5. The lowest BCUT2D eigenvalue weighted by atomic mass is 9.65. The van der Waals surface area contributed by atoms with Crippen LogP contribution in [0.5, 0.6) is 11.5 Å². The van der Waals surface area contributed by atoms with Gasteiger partial charge in [-0.3, -0.25) is 0 Å². The third kappa shape index (κ3) is 5.37. The first kappa shape index (κ1) is 37.2. The monoisotopic (exact) mass is 833 g/mol. The van der Waals surface area contributed by atoms with Crippen molar-refractivity contribution in [2.45, 2.75) is 24.7 Å². The fourth-order valence-corrected chi connectivity index (χ4v) is 10.8. The molecule has 0 saturated heterocycles. The van der Waals surface area contributed by atoms with E-state index in [1.807, 2.05) is 48.5 Å². The molecule has 1 spiro atoms. The predicted octanol–water partition coefficient (Wildman–Crippen LogP) is 13.8. The van der Waals surface area contributed by atoms with E-state index in [9.17, 15) is 0 Å². The highest BCUT2D eigenvalue weighted by atomic mass is 16.5. The van der Waals surface area contributed by atoms with Crippen LogP contribution in [-0.4, -0.2) is 24.9 Å².